The van der Waals surface area contributed by atoms with Crippen LogP contribution in [0.3, 0.4) is 0 Å². The van der Waals surface area contributed by atoms with Gasteiger partial charge in [-0.25, -0.2) is 27.9 Å². The lowest BCUT2D eigenvalue weighted by molar-refractivity contribution is 0.478. The Hall–Kier alpha value is -3.31. The SMILES string of the molecule is CCc1cc(-c2ccc3c(NS(=O)(=O)C4CCCCC4)ncnn23)cc2cnc(N[C@H]3CCCNC3)nc12. The van der Waals surface area contributed by atoms with Crippen LogP contribution in [0.25, 0.3) is 27.7 Å². The number of nitrogens with one attached hydrogen (secondary N) is 3. The number of aromatic nitrogens is 5. The Labute approximate surface area is 222 Å². The third-order valence-corrected chi connectivity index (χ3v) is 9.58. The molecule has 6 rings (SSSR count). The van der Waals surface area contributed by atoms with Gasteiger partial charge in [0, 0.05) is 29.7 Å². The van der Waals surface area contributed by atoms with Crippen molar-refractivity contribution < 1.29 is 8.42 Å². The first-order valence-electron chi connectivity index (χ1n) is 13.6. The number of anilines is 2. The first-order chi connectivity index (χ1) is 18.5. The lowest BCUT2D eigenvalue weighted by atomic mass is 10.0. The van der Waals surface area contributed by atoms with E-state index in [1.165, 1.54) is 6.33 Å². The number of benzene rings is 1. The number of nitrogens with zero attached hydrogens (tertiary/aromatic N) is 5. The highest BCUT2D eigenvalue weighted by molar-refractivity contribution is 7.93. The molecule has 0 bridgehead atoms. The van der Waals surface area contributed by atoms with Crippen molar-refractivity contribution in [3.8, 4) is 11.3 Å². The van der Waals surface area contributed by atoms with E-state index in [1.807, 2.05) is 18.3 Å². The van der Waals surface area contributed by atoms with Crippen LogP contribution in [0, 0.1) is 0 Å². The average Bonchev–Trinajstić information content (AvgIpc) is 3.39. The monoisotopic (exact) mass is 534 g/mol. The van der Waals surface area contributed by atoms with Crippen molar-refractivity contribution >= 4 is 38.2 Å². The van der Waals surface area contributed by atoms with Crippen molar-refractivity contribution in [3.63, 3.8) is 0 Å². The molecule has 1 atom stereocenters. The normalized spacial score (nSPS) is 19.1. The maximum absolute atomic E-state index is 13.1. The first kappa shape index (κ1) is 25.0. The zero-order chi connectivity index (χ0) is 26.1. The Morgan fingerprint density at radius 2 is 1.95 bits per heavy atom. The van der Waals surface area contributed by atoms with Gasteiger partial charge < -0.3 is 10.6 Å². The van der Waals surface area contributed by atoms with E-state index in [4.69, 9.17) is 4.98 Å². The predicted octanol–water partition coefficient (Wildman–Crippen LogP) is 4.14. The number of sulfonamides is 1. The standard InChI is InChI=1S/C27H34N8O2S/c1-2-18-13-19(14-20-15-29-27(33-25(18)20)32-21-7-6-12-28-16-21)23-10-11-24-26(30-17-31-35(23)24)34-38(36,37)22-8-4-3-5-9-22/h10-11,13-15,17,21-22,28H,2-9,12,16H2,1H3,(H,29,32,33)(H,30,31,34)/t21-/m0/s1. The second kappa shape index (κ2) is 10.5. The molecule has 3 aromatic heterocycles. The molecular formula is C27H34N8O2S. The molecule has 200 valence electrons. The summed E-state index contributed by atoms with van der Waals surface area (Å²) in [4.78, 5) is 13.7. The molecule has 1 aliphatic carbocycles. The minimum Gasteiger partial charge on any atom is -0.350 e. The zero-order valence-corrected chi connectivity index (χ0v) is 22.5. The van der Waals surface area contributed by atoms with Crippen LogP contribution in [0.5, 0.6) is 0 Å². The van der Waals surface area contributed by atoms with Gasteiger partial charge in [0.15, 0.2) is 5.82 Å². The number of aryl methyl sites for hydroxylation is 1. The molecule has 0 spiro atoms. The molecule has 1 aliphatic heterocycles. The Balaban J connectivity index is 1.33. The Kier molecular flexibility index (Phi) is 6.87. The molecule has 4 aromatic rings. The lowest BCUT2D eigenvalue weighted by Crippen LogP contribution is -2.38. The van der Waals surface area contributed by atoms with Crippen LogP contribution in [0.1, 0.15) is 57.4 Å². The third-order valence-electron chi connectivity index (χ3n) is 7.75. The number of rotatable bonds is 7. The molecule has 3 N–H and O–H groups in total. The Bertz CT molecular complexity index is 1560. The second-order valence-electron chi connectivity index (χ2n) is 10.3. The second-order valence-corrected chi connectivity index (χ2v) is 12.3. The summed E-state index contributed by atoms with van der Waals surface area (Å²) in [5.74, 6) is 0.967. The highest BCUT2D eigenvalue weighted by Crippen LogP contribution is 2.31. The van der Waals surface area contributed by atoms with Crippen LogP contribution in [0.4, 0.5) is 11.8 Å². The Morgan fingerprint density at radius 3 is 2.74 bits per heavy atom. The summed E-state index contributed by atoms with van der Waals surface area (Å²) in [6, 6.07) is 8.36. The van der Waals surface area contributed by atoms with E-state index >= 15 is 0 Å². The molecule has 38 heavy (non-hydrogen) atoms. The summed E-state index contributed by atoms with van der Waals surface area (Å²) in [7, 11) is -3.52. The van der Waals surface area contributed by atoms with Gasteiger partial charge in [-0.3, -0.25) is 4.72 Å². The van der Waals surface area contributed by atoms with Gasteiger partial charge in [-0.1, -0.05) is 26.2 Å². The first-order valence-corrected chi connectivity index (χ1v) is 15.2. The maximum atomic E-state index is 13.1. The van der Waals surface area contributed by atoms with Crippen LogP contribution in [0.15, 0.2) is 36.8 Å². The van der Waals surface area contributed by atoms with Crippen molar-refractivity contribution in [1.29, 1.82) is 0 Å². The van der Waals surface area contributed by atoms with E-state index in [2.05, 4.69) is 49.5 Å². The van der Waals surface area contributed by atoms with Crippen LogP contribution in [0.2, 0.25) is 0 Å². The fourth-order valence-corrected chi connectivity index (χ4v) is 7.24. The summed E-state index contributed by atoms with van der Waals surface area (Å²) in [5.41, 5.74) is 4.50. The van der Waals surface area contributed by atoms with Gasteiger partial charge in [-0.15, -0.1) is 0 Å². The molecule has 0 radical (unpaired) electrons. The quantitative estimate of drug-likeness (QED) is 0.323. The minimum absolute atomic E-state index is 0.310. The van der Waals surface area contributed by atoms with Gasteiger partial charge in [0.2, 0.25) is 16.0 Å². The van der Waals surface area contributed by atoms with Gasteiger partial charge in [-0.05, 0) is 68.5 Å². The van der Waals surface area contributed by atoms with E-state index in [0.29, 0.717) is 36.2 Å². The summed E-state index contributed by atoms with van der Waals surface area (Å²) in [5, 5.41) is 11.9. The number of piperidine rings is 1. The van der Waals surface area contributed by atoms with E-state index in [1.54, 1.807) is 4.52 Å². The summed E-state index contributed by atoms with van der Waals surface area (Å²) in [6.45, 7) is 4.10. The molecule has 2 aliphatic rings. The third kappa shape index (κ3) is 4.92. The largest absolute Gasteiger partial charge is 0.350 e. The van der Waals surface area contributed by atoms with Gasteiger partial charge in [0.05, 0.1) is 16.5 Å². The molecule has 1 saturated heterocycles. The zero-order valence-electron chi connectivity index (χ0n) is 21.7. The molecule has 2 fully saturated rings. The van der Waals surface area contributed by atoms with Crippen LogP contribution < -0.4 is 15.4 Å². The lowest BCUT2D eigenvalue weighted by Gasteiger charge is -2.23. The highest BCUT2D eigenvalue weighted by Gasteiger charge is 2.28. The van der Waals surface area contributed by atoms with Gasteiger partial charge in [-0.2, -0.15) is 5.10 Å². The van der Waals surface area contributed by atoms with Crippen LogP contribution in [-0.2, 0) is 16.4 Å². The fourth-order valence-electron chi connectivity index (χ4n) is 5.69. The summed E-state index contributed by atoms with van der Waals surface area (Å²) in [6.07, 6.45) is 10.7. The van der Waals surface area contributed by atoms with Crippen molar-refractivity contribution in [3.05, 3.63) is 42.4 Å². The van der Waals surface area contributed by atoms with Crippen LogP contribution >= 0.6 is 0 Å². The molecule has 0 unspecified atom stereocenters. The minimum atomic E-state index is -3.52. The van der Waals surface area contributed by atoms with Crippen molar-refractivity contribution in [2.75, 3.05) is 23.1 Å². The van der Waals surface area contributed by atoms with Gasteiger partial charge in [0.25, 0.3) is 0 Å². The number of hydrogen-bond donors (Lipinski definition) is 3. The summed E-state index contributed by atoms with van der Waals surface area (Å²) >= 11 is 0. The maximum Gasteiger partial charge on any atom is 0.236 e. The van der Waals surface area contributed by atoms with Crippen molar-refractivity contribution in [1.82, 2.24) is 29.9 Å². The molecular weight excluding hydrogens is 500 g/mol. The van der Waals surface area contributed by atoms with Crippen LogP contribution in [-0.4, -0.2) is 57.4 Å². The smallest absolute Gasteiger partial charge is 0.236 e. The fraction of sp³-hybridized carbons (Fsp3) is 0.481. The van der Waals surface area contributed by atoms with E-state index in [0.717, 1.165) is 79.3 Å². The average molecular weight is 535 g/mol. The van der Waals surface area contributed by atoms with E-state index < -0.39 is 10.0 Å². The molecule has 10 nitrogen and oxygen atoms in total. The molecule has 0 amide bonds. The molecule has 4 heterocycles. The number of hydrogen-bond acceptors (Lipinski definition) is 8. The molecule has 1 saturated carbocycles. The number of fused-ring (bicyclic) bond motifs is 2. The predicted molar refractivity (Wildman–Crippen MR) is 150 cm³/mol. The van der Waals surface area contributed by atoms with Gasteiger partial charge >= 0.3 is 0 Å². The Morgan fingerprint density at radius 1 is 1.08 bits per heavy atom. The van der Waals surface area contributed by atoms with Gasteiger partial charge in [0.1, 0.15) is 11.8 Å². The van der Waals surface area contributed by atoms with E-state index in [-0.39, 0.29) is 5.25 Å². The van der Waals surface area contributed by atoms with Crippen molar-refractivity contribution in [2.45, 2.75) is 69.6 Å². The highest BCUT2D eigenvalue weighted by atomic mass is 32.2. The molecule has 11 heteroatoms. The topological polar surface area (TPSA) is 126 Å². The van der Waals surface area contributed by atoms with E-state index in [9.17, 15) is 8.42 Å². The van der Waals surface area contributed by atoms with Crippen molar-refractivity contribution in [2.24, 2.45) is 0 Å². The molecule has 1 aromatic carbocycles. The summed E-state index contributed by atoms with van der Waals surface area (Å²) < 4.78 is 30.6.